The van der Waals surface area contributed by atoms with Gasteiger partial charge in [0.25, 0.3) is 0 Å². The van der Waals surface area contributed by atoms with Crippen molar-refractivity contribution in [1.82, 2.24) is 9.55 Å². The van der Waals surface area contributed by atoms with E-state index in [1.165, 1.54) is 0 Å². The summed E-state index contributed by atoms with van der Waals surface area (Å²) < 4.78 is 8.59. The number of hydrogen-bond acceptors (Lipinski definition) is 2. The van der Waals surface area contributed by atoms with Gasteiger partial charge in [-0.15, -0.1) is 0 Å². The van der Waals surface area contributed by atoms with Crippen LogP contribution in [0.2, 0.25) is 0 Å². The zero-order valence-corrected chi connectivity index (χ0v) is 17.5. The molecular weight excluding hydrogens is 380 g/mol. The summed E-state index contributed by atoms with van der Waals surface area (Å²) in [5, 5.41) is 2.30. The van der Waals surface area contributed by atoms with Gasteiger partial charge < -0.3 is 8.98 Å². The van der Waals surface area contributed by atoms with E-state index in [4.69, 9.17) is 9.40 Å². The van der Waals surface area contributed by atoms with Crippen LogP contribution in [-0.4, -0.2) is 9.55 Å². The molecule has 3 heteroatoms. The predicted molar refractivity (Wildman–Crippen MR) is 128 cm³/mol. The Labute approximate surface area is 180 Å². The third kappa shape index (κ3) is 2.77. The molecule has 3 nitrogen and oxygen atoms in total. The highest BCUT2D eigenvalue weighted by Gasteiger charge is 2.16. The van der Waals surface area contributed by atoms with Gasteiger partial charge in [0.15, 0.2) is 0 Å². The molecule has 0 atom stereocenters. The molecule has 2 aromatic heterocycles. The highest BCUT2D eigenvalue weighted by atomic mass is 16.3. The predicted octanol–water partition coefficient (Wildman–Crippen LogP) is 7.85. The number of rotatable bonds is 3. The zero-order chi connectivity index (χ0) is 20.9. The Kier molecular flexibility index (Phi) is 3.97. The van der Waals surface area contributed by atoms with Gasteiger partial charge in [-0.05, 0) is 43.7 Å². The fraction of sp³-hybridized carbons (Fsp3) is 0.107. The van der Waals surface area contributed by atoms with Gasteiger partial charge in [-0.1, -0.05) is 66.7 Å². The normalized spacial score (nSPS) is 11.8. The van der Waals surface area contributed by atoms with Gasteiger partial charge >= 0.3 is 0 Å². The maximum absolute atomic E-state index is 6.27. The van der Waals surface area contributed by atoms with Crippen molar-refractivity contribution in [3.05, 3.63) is 91.0 Å². The molecule has 0 unspecified atom stereocenters. The molecule has 0 N–H and O–H groups in total. The number of nitrogens with zero attached hydrogens (tertiary/aromatic N) is 2. The van der Waals surface area contributed by atoms with E-state index in [2.05, 4.69) is 91.2 Å². The monoisotopic (exact) mass is 402 g/mol. The van der Waals surface area contributed by atoms with Crippen molar-refractivity contribution in [2.75, 3.05) is 0 Å². The first-order valence-electron chi connectivity index (χ1n) is 10.7. The first-order chi connectivity index (χ1) is 15.2. The molecule has 0 amide bonds. The van der Waals surface area contributed by atoms with E-state index >= 15 is 0 Å². The number of aromatic nitrogens is 2. The molecule has 4 aromatic carbocycles. The van der Waals surface area contributed by atoms with Crippen LogP contribution >= 0.6 is 0 Å². The average molecular weight is 402 g/mol. The summed E-state index contributed by atoms with van der Waals surface area (Å²) in [6.45, 7) is 4.41. The van der Waals surface area contributed by atoms with Crippen LogP contribution < -0.4 is 0 Å². The zero-order valence-electron chi connectivity index (χ0n) is 17.5. The highest BCUT2D eigenvalue weighted by Crippen LogP contribution is 2.37. The number of fused-ring (bicyclic) bond motifs is 4. The van der Waals surface area contributed by atoms with E-state index in [9.17, 15) is 0 Å². The maximum atomic E-state index is 6.27. The number of imidazole rings is 1. The van der Waals surface area contributed by atoms with E-state index in [1.54, 1.807) is 0 Å². The topological polar surface area (TPSA) is 31.0 Å². The second-order valence-electron chi connectivity index (χ2n) is 8.25. The Hall–Kier alpha value is -3.85. The minimum absolute atomic E-state index is 0.310. The molecule has 2 heterocycles. The SMILES string of the molecule is CC(C)n1c(-c2cccc(-c3cccc4c3oc3ccccc34)c2)nc2ccccc21. The van der Waals surface area contributed by atoms with Crippen molar-refractivity contribution < 1.29 is 4.42 Å². The summed E-state index contributed by atoms with van der Waals surface area (Å²) in [6.07, 6.45) is 0. The molecule has 6 rings (SSSR count). The standard InChI is InChI=1S/C28H22N2O/c1-18(2)30-25-15-5-4-14-24(25)29-28(30)20-10-7-9-19(17-20)21-12-8-13-23-22-11-3-6-16-26(22)31-27(21)23/h3-18H,1-2H3. The molecule has 0 radical (unpaired) electrons. The number of furan rings is 1. The van der Waals surface area contributed by atoms with Crippen molar-refractivity contribution in [2.45, 2.75) is 19.9 Å². The number of hydrogen-bond donors (Lipinski definition) is 0. The van der Waals surface area contributed by atoms with Gasteiger partial charge in [0, 0.05) is 27.9 Å². The Balaban J connectivity index is 1.57. The summed E-state index contributed by atoms with van der Waals surface area (Å²) in [7, 11) is 0. The van der Waals surface area contributed by atoms with E-state index in [0.29, 0.717) is 6.04 Å². The van der Waals surface area contributed by atoms with Crippen LogP contribution in [0, 0.1) is 0 Å². The molecule has 0 saturated heterocycles. The van der Waals surface area contributed by atoms with Crippen LogP contribution in [0.25, 0.3) is 55.5 Å². The molecule has 6 aromatic rings. The molecule has 0 bridgehead atoms. The molecule has 0 aliphatic carbocycles. The lowest BCUT2D eigenvalue weighted by Gasteiger charge is -2.14. The second-order valence-corrected chi connectivity index (χ2v) is 8.25. The number of para-hydroxylation sites is 4. The summed E-state index contributed by atoms with van der Waals surface area (Å²) in [5.41, 5.74) is 7.37. The Morgan fingerprint density at radius 1 is 0.742 bits per heavy atom. The van der Waals surface area contributed by atoms with Gasteiger partial charge in [-0.25, -0.2) is 4.98 Å². The fourth-order valence-corrected chi connectivity index (χ4v) is 4.57. The lowest BCUT2D eigenvalue weighted by Crippen LogP contribution is -2.03. The minimum Gasteiger partial charge on any atom is -0.455 e. The Bertz CT molecular complexity index is 1570. The summed E-state index contributed by atoms with van der Waals surface area (Å²) in [4.78, 5) is 4.98. The van der Waals surface area contributed by atoms with Crippen LogP contribution in [0.3, 0.4) is 0 Å². The van der Waals surface area contributed by atoms with Gasteiger partial charge in [0.2, 0.25) is 0 Å². The summed E-state index contributed by atoms with van der Waals surface area (Å²) >= 11 is 0. The van der Waals surface area contributed by atoms with Crippen LogP contribution in [0.1, 0.15) is 19.9 Å². The van der Waals surface area contributed by atoms with E-state index in [0.717, 1.165) is 55.5 Å². The molecular formula is C28H22N2O. The van der Waals surface area contributed by atoms with Crippen LogP contribution in [0.5, 0.6) is 0 Å². The molecule has 0 fully saturated rings. The third-order valence-electron chi connectivity index (χ3n) is 5.95. The van der Waals surface area contributed by atoms with Gasteiger partial charge in [-0.3, -0.25) is 0 Å². The first-order valence-corrected chi connectivity index (χ1v) is 10.7. The first kappa shape index (κ1) is 18.0. The lowest BCUT2D eigenvalue weighted by atomic mass is 10.00. The van der Waals surface area contributed by atoms with Crippen molar-refractivity contribution in [3.63, 3.8) is 0 Å². The Morgan fingerprint density at radius 3 is 2.39 bits per heavy atom. The maximum Gasteiger partial charge on any atom is 0.143 e. The lowest BCUT2D eigenvalue weighted by molar-refractivity contribution is 0.624. The molecule has 31 heavy (non-hydrogen) atoms. The van der Waals surface area contributed by atoms with E-state index in [-0.39, 0.29) is 0 Å². The van der Waals surface area contributed by atoms with E-state index < -0.39 is 0 Å². The molecule has 0 saturated carbocycles. The van der Waals surface area contributed by atoms with Crippen LogP contribution in [-0.2, 0) is 0 Å². The van der Waals surface area contributed by atoms with Crippen molar-refractivity contribution in [3.8, 4) is 22.5 Å². The molecule has 0 spiro atoms. The smallest absolute Gasteiger partial charge is 0.143 e. The van der Waals surface area contributed by atoms with Crippen molar-refractivity contribution in [2.24, 2.45) is 0 Å². The molecule has 0 aliphatic heterocycles. The third-order valence-corrected chi connectivity index (χ3v) is 5.95. The van der Waals surface area contributed by atoms with Crippen LogP contribution in [0.4, 0.5) is 0 Å². The van der Waals surface area contributed by atoms with Gasteiger partial charge in [0.1, 0.15) is 17.0 Å². The molecule has 0 aliphatic rings. The minimum atomic E-state index is 0.310. The Morgan fingerprint density at radius 2 is 1.48 bits per heavy atom. The van der Waals surface area contributed by atoms with Crippen LogP contribution in [0.15, 0.2) is 95.4 Å². The second kappa shape index (κ2) is 6.85. The van der Waals surface area contributed by atoms with Gasteiger partial charge in [0.05, 0.1) is 11.0 Å². The highest BCUT2D eigenvalue weighted by molar-refractivity contribution is 6.09. The summed E-state index contributed by atoms with van der Waals surface area (Å²) in [6, 6.07) is 31.9. The average Bonchev–Trinajstić information content (AvgIpc) is 3.38. The quantitative estimate of drug-likeness (QED) is 0.302. The van der Waals surface area contributed by atoms with Gasteiger partial charge in [-0.2, -0.15) is 0 Å². The fourth-order valence-electron chi connectivity index (χ4n) is 4.57. The summed E-state index contributed by atoms with van der Waals surface area (Å²) in [5.74, 6) is 0.995. The van der Waals surface area contributed by atoms with E-state index in [1.807, 2.05) is 18.2 Å². The molecule has 150 valence electrons. The van der Waals surface area contributed by atoms with Crippen molar-refractivity contribution in [1.29, 1.82) is 0 Å². The number of benzene rings is 4. The van der Waals surface area contributed by atoms with Crippen molar-refractivity contribution >= 4 is 33.0 Å². The largest absolute Gasteiger partial charge is 0.455 e.